The van der Waals surface area contributed by atoms with Gasteiger partial charge in [-0.2, -0.15) is 0 Å². The van der Waals surface area contributed by atoms with Crippen LogP contribution in [0.25, 0.3) is 45.3 Å². The average Bonchev–Trinajstić information content (AvgIpc) is 3.24. The van der Waals surface area contributed by atoms with E-state index >= 15 is 0 Å². The molecule has 3 nitrogen and oxygen atoms in total. The van der Waals surface area contributed by atoms with E-state index in [1.807, 2.05) is 66.7 Å². The van der Waals surface area contributed by atoms with Crippen molar-refractivity contribution in [2.75, 3.05) is 7.11 Å². The Bertz CT molecular complexity index is 1410. The largest absolute Gasteiger partial charge is 0.504 e. The molecule has 0 unspecified atom stereocenters. The van der Waals surface area contributed by atoms with Crippen LogP contribution in [-0.2, 0) is 4.74 Å². The molecule has 0 radical (unpaired) electrons. The molecule has 5 aromatic rings. The Hall–Kier alpha value is -3.82. The topological polar surface area (TPSA) is 27.1 Å². The fraction of sp³-hybridized carbons (Fsp3) is 0.0357. The maximum absolute atomic E-state index is 6.43. The van der Waals surface area contributed by atoms with Crippen LogP contribution < -0.4 is 0 Å². The van der Waals surface area contributed by atoms with Crippen LogP contribution in [0.5, 0.6) is 0 Å². The lowest BCUT2D eigenvalue weighted by Gasteiger charge is -2.14. The van der Waals surface area contributed by atoms with Crippen molar-refractivity contribution in [3.8, 4) is 28.2 Å². The minimum absolute atomic E-state index is 0.681. The third-order valence-electron chi connectivity index (χ3n) is 5.41. The van der Waals surface area contributed by atoms with Crippen LogP contribution in [0.2, 0.25) is 5.02 Å². The second-order valence-electron chi connectivity index (χ2n) is 7.42. The third-order valence-corrected chi connectivity index (χ3v) is 5.65. The molecule has 0 amide bonds. The summed E-state index contributed by atoms with van der Waals surface area (Å²) in [5.41, 5.74) is 7.17. The van der Waals surface area contributed by atoms with Crippen molar-refractivity contribution in [3.63, 3.8) is 0 Å². The number of halogens is 1. The predicted molar refractivity (Wildman–Crippen MR) is 133 cm³/mol. The molecule has 0 spiro atoms. The number of rotatable bonds is 5. The van der Waals surface area contributed by atoms with E-state index in [-0.39, 0.29) is 0 Å². The van der Waals surface area contributed by atoms with Crippen molar-refractivity contribution in [2.45, 2.75) is 0 Å². The number of nitrogens with zero attached hydrogens (tertiary/aromatic N) is 2. The van der Waals surface area contributed by atoms with E-state index in [2.05, 4.69) is 41.0 Å². The molecule has 5 rings (SSSR count). The summed E-state index contributed by atoms with van der Waals surface area (Å²) >= 11 is 6.43. The molecule has 156 valence electrons. The van der Waals surface area contributed by atoms with Crippen molar-refractivity contribution in [1.82, 2.24) is 9.55 Å². The number of fused-ring (bicyclic) bond motifs is 1. The summed E-state index contributed by atoms with van der Waals surface area (Å²) in [4.78, 5) is 5.05. The maximum Gasteiger partial charge on any atom is 0.145 e. The van der Waals surface area contributed by atoms with E-state index < -0.39 is 0 Å². The van der Waals surface area contributed by atoms with E-state index in [1.165, 1.54) is 0 Å². The van der Waals surface area contributed by atoms with E-state index in [0.29, 0.717) is 5.02 Å². The molecule has 4 aromatic carbocycles. The standard InChI is InChI=1S/C28H21ClN2O/c1-32-18-17-20-15-16-22(29)19-25(20)24-13-8-14-26-27(24)31(23-11-6-3-7-12-23)28(30-26)21-9-4-2-5-10-21/h2-19H,1H3/b18-17-. The Balaban J connectivity index is 1.87. The van der Waals surface area contributed by atoms with Gasteiger partial charge in [-0.1, -0.05) is 78.3 Å². The minimum atomic E-state index is 0.681. The molecular weight excluding hydrogens is 416 g/mol. The summed E-state index contributed by atoms with van der Waals surface area (Å²) in [6.07, 6.45) is 3.63. The fourth-order valence-corrected chi connectivity index (χ4v) is 4.17. The lowest BCUT2D eigenvalue weighted by Crippen LogP contribution is -1.99. The second kappa shape index (κ2) is 8.74. The number of benzene rings is 4. The highest BCUT2D eigenvalue weighted by atomic mass is 35.5. The molecule has 0 fully saturated rings. The molecular formula is C28H21ClN2O. The van der Waals surface area contributed by atoms with Crippen molar-refractivity contribution in [3.05, 3.63) is 114 Å². The highest BCUT2D eigenvalue weighted by Crippen LogP contribution is 2.37. The molecule has 0 saturated carbocycles. The Morgan fingerprint density at radius 2 is 1.56 bits per heavy atom. The van der Waals surface area contributed by atoms with Gasteiger partial charge in [0.1, 0.15) is 5.82 Å². The molecule has 0 aliphatic carbocycles. The fourth-order valence-electron chi connectivity index (χ4n) is 4.00. The van der Waals surface area contributed by atoms with Crippen molar-refractivity contribution in [2.24, 2.45) is 0 Å². The van der Waals surface area contributed by atoms with Crippen LogP contribution in [0, 0.1) is 0 Å². The zero-order chi connectivity index (χ0) is 21.9. The summed E-state index contributed by atoms with van der Waals surface area (Å²) in [5, 5.41) is 0.681. The van der Waals surface area contributed by atoms with Gasteiger partial charge in [-0.25, -0.2) is 4.98 Å². The van der Waals surface area contributed by atoms with Gasteiger partial charge in [-0.15, -0.1) is 0 Å². The first-order valence-electron chi connectivity index (χ1n) is 10.4. The molecule has 0 bridgehead atoms. The summed E-state index contributed by atoms with van der Waals surface area (Å²) in [5.74, 6) is 0.898. The molecule has 0 saturated heterocycles. The van der Waals surface area contributed by atoms with Crippen LogP contribution in [0.1, 0.15) is 5.56 Å². The maximum atomic E-state index is 6.43. The number of para-hydroxylation sites is 2. The van der Waals surface area contributed by atoms with Crippen LogP contribution >= 0.6 is 11.6 Å². The average molecular weight is 437 g/mol. The Kier molecular flexibility index (Phi) is 5.49. The minimum Gasteiger partial charge on any atom is -0.504 e. The lowest BCUT2D eigenvalue weighted by atomic mass is 9.98. The molecule has 32 heavy (non-hydrogen) atoms. The predicted octanol–water partition coefficient (Wildman–Crippen LogP) is 7.63. The number of hydrogen-bond donors (Lipinski definition) is 0. The first-order valence-corrected chi connectivity index (χ1v) is 10.8. The molecule has 0 aliphatic heterocycles. The highest BCUT2D eigenvalue weighted by molar-refractivity contribution is 6.31. The van der Waals surface area contributed by atoms with Gasteiger partial charge in [-0.05, 0) is 47.5 Å². The number of hydrogen-bond acceptors (Lipinski definition) is 2. The van der Waals surface area contributed by atoms with Crippen LogP contribution in [0.3, 0.4) is 0 Å². The third kappa shape index (κ3) is 3.68. The molecule has 0 aliphatic rings. The Morgan fingerprint density at radius 1 is 0.812 bits per heavy atom. The molecule has 0 N–H and O–H groups in total. The summed E-state index contributed by atoms with van der Waals surface area (Å²) < 4.78 is 7.41. The van der Waals surface area contributed by atoms with E-state index in [9.17, 15) is 0 Å². The molecule has 1 aromatic heterocycles. The number of methoxy groups -OCH3 is 1. The molecule has 0 atom stereocenters. The van der Waals surface area contributed by atoms with E-state index in [1.54, 1.807) is 13.4 Å². The highest BCUT2D eigenvalue weighted by Gasteiger charge is 2.19. The summed E-state index contributed by atoms with van der Waals surface area (Å²) in [6, 6.07) is 32.7. The number of aromatic nitrogens is 2. The summed E-state index contributed by atoms with van der Waals surface area (Å²) in [7, 11) is 1.64. The van der Waals surface area contributed by atoms with Gasteiger partial charge in [0.15, 0.2) is 0 Å². The van der Waals surface area contributed by atoms with E-state index in [0.717, 1.165) is 44.8 Å². The van der Waals surface area contributed by atoms with Crippen molar-refractivity contribution < 1.29 is 4.74 Å². The van der Waals surface area contributed by atoms with Crippen molar-refractivity contribution >= 4 is 28.7 Å². The van der Waals surface area contributed by atoms with Gasteiger partial charge in [0.05, 0.1) is 24.4 Å². The van der Waals surface area contributed by atoms with Crippen LogP contribution in [0.4, 0.5) is 0 Å². The number of ether oxygens (including phenoxy) is 1. The number of imidazole rings is 1. The molecule has 4 heteroatoms. The quantitative estimate of drug-likeness (QED) is 0.265. The molecule has 1 heterocycles. The van der Waals surface area contributed by atoms with Gasteiger partial charge >= 0.3 is 0 Å². The SMILES string of the molecule is CO/C=C\c1ccc(Cl)cc1-c1cccc2nc(-c3ccccc3)n(-c3ccccc3)c12. The summed E-state index contributed by atoms with van der Waals surface area (Å²) in [6.45, 7) is 0. The first kappa shape index (κ1) is 20.1. The van der Waals surface area contributed by atoms with Crippen LogP contribution in [0.15, 0.2) is 103 Å². The zero-order valence-electron chi connectivity index (χ0n) is 17.6. The first-order chi connectivity index (χ1) is 15.8. The normalized spacial score (nSPS) is 11.3. The van der Waals surface area contributed by atoms with E-state index in [4.69, 9.17) is 21.3 Å². The Labute approximate surface area is 192 Å². The van der Waals surface area contributed by atoms with Gasteiger partial charge < -0.3 is 4.74 Å². The zero-order valence-corrected chi connectivity index (χ0v) is 18.3. The van der Waals surface area contributed by atoms with Gasteiger partial charge in [0.25, 0.3) is 0 Å². The van der Waals surface area contributed by atoms with Gasteiger partial charge in [-0.3, -0.25) is 4.57 Å². The second-order valence-corrected chi connectivity index (χ2v) is 7.85. The van der Waals surface area contributed by atoms with Crippen LogP contribution in [-0.4, -0.2) is 16.7 Å². The lowest BCUT2D eigenvalue weighted by molar-refractivity contribution is 0.341. The smallest absolute Gasteiger partial charge is 0.145 e. The monoisotopic (exact) mass is 436 g/mol. The van der Waals surface area contributed by atoms with Gasteiger partial charge in [0.2, 0.25) is 0 Å². The van der Waals surface area contributed by atoms with Gasteiger partial charge in [0, 0.05) is 21.8 Å². The van der Waals surface area contributed by atoms with Crippen molar-refractivity contribution in [1.29, 1.82) is 0 Å². The Morgan fingerprint density at radius 3 is 2.31 bits per heavy atom.